The molecule has 1 fully saturated rings. The molecule has 1 amide bonds. The molecule has 0 bridgehead atoms. The van der Waals surface area contributed by atoms with Crippen LogP contribution in [0.5, 0.6) is 0 Å². The van der Waals surface area contributed by atoms with E-state index in [-0.39, 0.29) is 11.9 Å². The smallest absolute Gasteiger partial charge is 0.304 e. The molecule has 1 aliphatic rings. The van der Waals surface area contributed by atoms with Crippen LogP contribution in [0, 0.1) is 5.92 Å². The molecule has 5 nitrogen and oxygen atoms in total. The second kappa shape index (κ2) is 7.07. The van der Waals surface area contributed by atoms with E-state index in [0.29, 0.717) is 0 Å². The number of esters is 1. The van der Waals surface area contributed by atoms with E-state index >= 15 is 0 Å². The van der Waals surface area contributed by atoms with Crippen LogP contribution < -0.4 is 0 Å². The van der Waals surface area contributed by atoms with Gasteiger partial charge in [0.15, 0.2) is 6.23 Å². The van der Waals surface area contributed by atoms with Gasteiger partial charge in [-0.05, 0) is 18.1 Å². The van der Waals surface area contributed by atoms with E-state index in [1.807, 2.05) is 60.7 Å². The highest BCUT2D eigenvalue weighted by Gasteiger charge is 2.55. The predicted molar refractivity (Wildman–Crippen MR) is 92.3 cm³/mol. The topological polar surface area (TPSA) is 66.8 Å². The van der Waals surface area contributed by atoms with Crippen molar-refractivity contribution in [1.29, 1.82) is 0 Å². The molecular formula is C20H21NO4. The third kappa shape index (κ3) is 3.28. The molecule has 1 saturated heterocycles. The van der Waals surface area contributed by atoms with Crippen LogP contribution in [-0.4, -0.2) is 34.2 Å². The fourth-order valence-electron chi connectivity index (χ4n) is 3.31. The zero-order valence-corrected chi connectivity index (χ0v) is 14.2. The van der Waals surface area contributed by atoms with Crippen molar-refractivity contribution in [1.82, 2.24) is 4.90 Å². The van der Waals surface area contributed by atoms with Crippen LogP contribution in [0.4, 0.5) is 0 Å². The number of nitrogens with zero attached hydrogens (tertiary/aromatic N) is 1. The van der Waals surface area contributed by atoms with Crippen molar-refractivity contribution in [3.8, 4) is 0 Å². The van der Waals surface area contributed by atoms with Crippen molar-refractivity contribution in [2.45, 2.75) is 32.2 Å². The van der Waals surface area contributed by atoms with Crippen molar-refractivity contribution in [2.24, 2.45) is 5.92 Å². The first-order valence-corrected chi connectivity index (χ1v) is 8.28. The molecule has 2 aromatic carbocycles. The Morgan fingerprint density at radius 3 is 1.92 bits per heavy atom. The number of β-lactam (4-membered cyclic amide) rings is 1. The van der Waals surface area contributed by atoms with E-state index in [2.05, 4.69) is 0 Å². The lowest BCUT2D eigenvalue weighted by Crippen LogP contribution is -2.66. The van der Waals surface area contributed by atoms with Gasteiger partial charge in [0.2, 0.25) is 5.91 Å². The van der Waals surface area contributed by atoms with Crippen LogP contribution in [0.25, 0.3) is 0 Å². The summed E-state index contributed by atoms with van der Waals surface area (Å²) in [6.07, 6.45) is -1.67. The molecule has 0 radical (unpaired) electrons. The molecule has 130 valence electrons. The number of amides is 1. The Balaban J connectivity index is 2.03. The number of likely N-dealkylation sites (tertiary alicyclic amines) is 1. The van der Waals surface area contributed by atoms with E-state index in [9.17, 15) is 14.7 Å². The van der Waals surface area contributed by atoms with E-state index < -0.39 is 24.2 Å². The summed E-state index contributed by atoms with van der Waals surface area (Å²) in [6, 6.07) is 18.8. The van der Waals surface area contributed by atoms with Crippen molar-refractivity contribution in [3.63, 3.8) is 0 Å². The minimum atomic E-state index is -0.889. The molecule has 1 N–H and O–H groups in total. The lowest BCUT2D eigenvalue weighted by molar-refractivity contribution is -0.211. The molecular weight excluding hydrogens is 318 g/mol. The van der Waals surface area contributed by atoms with Crippen LogP contribution >= 0.6 is 0 Å². The number of hydrogen-bond donors (Lipinski definition) is 1. The van der Waals surface area contributed by atoms with E-state index in [0.717, 1.165) is 11.1 Å². The summed E-state index contributed by atoms with van der Waals surface area (Å²) < 4.78 is 5.37. The van der Waals surface area contributed by atoms with Crippen LogP contribution in [0.15, 0.2) is 60.7 Å². The molecule has 0 saturated carbocycles. The van der Waals surface area contributed by atoms with Crippen molar-refractivity contribution < 1.29 is 19.4 Å². The molecule has 3 atom stereocenters. The van der Waals surface area contributed by atoms with Crippen LogP contribution in [0.3, 0.4) is 0 Å². The maximum Gasteiger partial charge on any atom is 0.304 e. The van der Waals surface area contributed by atoms with Gasteiger partial charge >= 0.3 is 5.97 Å². The zero-order chi connectivity index (χ0) is 18.0. The van der Waals surface area contributed by atoms with E-state index in [4.69, 9.17) is 4.74 Å². The molecule has 1 aliphatic heterocycles. The molecule has 1 heterocycles. The maximum atomic E-state index is 12.8. The second-order valence-electron chi connectivity index (χ2n) is 6.24. The summed E-state index contributed by atoms with van der Waals surface area (Å²) in [5.74, 6) is -1.44. The van der Waals surface area contributed by atoms with Crippen LogP contribution in [-0.2, 0) is 14.3 Å². The van der Waals surface area contributed by atoms with E-state index in [1.165, 1.54) is 13.8 Å². The van der Waals surface area contributed by atoms with Crippen molar-refractivity contribution in [2.75, 3.05) is 0 Å². The predicted octanol–water partition coefficient (Wildman–Crippen LogP) is 2.50. The Morgan fingerprint density at radius 2 is 1.52 bits per heavy atom. The van der Waals surface area contributed by atoms with Crippen LogP contribution in [0.2, 0.25) is 0 Å². The zero-order valence-electron chi connectivity index (χ0n) is 14.2. The Bertz CT molecular complexity index is 705. The molecule has 0 unspecified atom stereocenters. The summed E-state index contributed by atoms with van der Waals surface area (Å²) in [7, 11) is 0. The van der Waals surface area contributed by atoms with Gasteiger partial charge in [-0.3, -0.25) is 14.5 Å². The summed E-state index contributed by atoms with van der Waals surface area (Å²) in [6.45, 7) is 2.84. The Morgan fingerprint density at radius 1 is 1.04 bits per heavy atom. The molecule has 3 rings (SSSR count). The number of benzene rings is 2. The fourth-order valence-corrected chi connectivity index (χ4v) is 3.31. The highest BCUT2D eigenvalue weighted by Crippen LogP contribution is 2.41. The fraction of sp³-hybridized carbons (Fsp3) is 0.300. The number of carbonyl (C=O) groups is 2. The third-order valence-electron chi connectivity index (χ3n) is 4.44. The Kier molecular flexibility index (Phi) is 4.86. The lowest BCUT2D eigenvalue weighted by Gasteiger charge is -2.50. The minimum absolute atomic E-state index is 0.223. The minimum Gasteiger partial charge on any atom is -0.441 e. The Labute approximate surface area is 146 Å². The number of hydrogen-bond acceptors (Lipinski definition) is 4. The molecule has 25 heavy (non-hydrogen) atoms. The second-order valence-corrected chi connectivity index (χ2v) is 6.24. The number of ether oxygens (including phenoxy) is 1. The Hall–Kier alpha value is -2.66. The van der Waals surface area contributed by atoms with Crippen molar-refractivity contribution >= 4 is 11.9 Å². The standard InChI is InChI=1S/C20H21NO4/c1-13(22)17-19(24)21(20(17)25-14(2)23)18(15-9-5-3-6-10-15)16-11-7-4-8-12-16/h3-13,17-18,20,22H,1-2H3/t13-,17+,20-/m1/s1. The average molecular weight is 339 g/mol. The van der Waals surface area contributed by atoms with Gasteiger partial charge in [-0.1, -0.05) is 60.7 Å². The van der Waals surface area contributed by atoms with Gasteiger partial charge in [-0.15, -0.1) is 0 Å². The monoisotopic (exact) mass is 339 g/mol. The average Bonchev–Trinajstić information content (AvgIpc) is 2.60. The van der Waals surface area contributed by atoms with Gasteiger partial charge in [0.05, 0.1) is 12.1 Å². The first kappa shape index (κ1) is 17.2. The largest absolute Gasteiger partial charge is 0.441 e. The number of rotatable bonds is 5. The van der Waals surface area contributed by atoms with E-state index in [1.54, 1.807) is 4.90 Å². The van der Waals surface area contributed by atoms with Gasteiger partial charge in [0, 0.05) is 6.92 Å². The number of aliphatic hydroxyl groups excluding tert-OH is 1. The quantitative estimate of drug-likeness (QED) is 0.671. The lowest BCUT2D eigenvalue weighted by atomic mass is 9.85. The third-order valence-corrected chi connectivity index (χ3v) is 4.44. The van der Waals surface area contributed by atoms with Crippen molar-refractivity contribution in [3.05, 3.63) is 71.8 Å². The molecule has 0 aliphatic carbocycles. The first-order valence-electron chi connectivity index (χ1n) is 8.28. The highest BCUT2D eigenvalue weighted by atomic mass is 16.6. The first-order chi connectivity index (χ1) is 12.0. The van der Waals surface area contributed by atoms with Gasteiger partial charge in [0.1, 0.15) is 5.92 Å². The summed E-state index contributed by atoms with van der Waals surface area (Å²) in [4.78, 5) is 25.8. The summed E-state index contributed by atoms with van der Waals surface area (Å²) in [5, 5.41) is 9.93. The summed E-state index contributed by atoms with van der Waals surface area (Å²) in [5.41, 5.74) is 1.84. The normalized spacial score (nSPS) is 21.0. The molecule has 0 spiro atoms. The maximum absolute atomic E-state index is 12.8. The molecule has 2 aromatic rings. The molecule has 0 aromatic heterocycles. The summed E-state index contributed by atoms with van der Waals surface area (Å²) >= 11 is 0. The SMILES string of the molecule is CC(=O)O[C@@H]1[C@@H]([C@@H](C)O)C(=O)N1C(c1ccccc1)c1ccccc1. The molecule has 5 heteroatoms. The van der Waals surface area contributed by atoms with Crippen LogP contribution in [0.1, 0.15) is 31.0 Å². The highest BCUT2D eigenvalue weighted by molar-refractivity contribution is 5.88. The van der Waals surface area contributed by atoms with Gasteiger partial charge in [-0.25, -0.2) is 0 Å². The number of carbonyl (C=O) groups excluding carboxylic acids is 2. The van der Waals surface area contributed by atoms with Gasteiger partial charge in [-0.2, -0.15) is 0 Å². The van der Waals surface area contributed by atoms with Gasteiger partial charge < -0.3 is 9.84 Å². The number of aliphatic hydroxyl groups is 1. The van der Waals surface area contributed by atoms with Gasteiger partial charge in [0.25, 0.3) is 0 Å².